The van der Waals surface area contributed by atoms with Crippen LogP contribution in [-0.2, 0) is 28.9 Å². The van der Waals surface area contributed by atoms with Crippen molar-refractivity contribution in [2.45, 2.75) is 26.2 Å². The fourth-order valence-corrected chi connectivity index (χ4v) is 3.54. The number of rotatable bonds is 7. The summed E-state index contributed by atoms with van der Waals surface area (Å²) in [6.45, 7) is 1.98. The topological polar surface area (TPSA) is 106 Å². The summed E-state index contributed by atoms with van der Waals surface area (Å²) in [6.07, 6.45) is 0.686. The molecule has 0 atom stereocenters. The molecule has 0 unspecified atom stereocenters. The van der Waals surface area contributed by atoms with Crippen LogP contribution >= 0.6 is 0 Å². The molecule has 0 heterocycles. The zero-order valence-corrected chi connectivity index (χ0v) is 16.6. The van der Waals surface area contributed by atoms with Gasteiger partial charge in [-0.25, -0.2) is 4.39 Å². The number of nitrogens with two attached hydrogens (primary N) is 2. The van der Waals surface area contributed by atoms with E-state index in [4.69, 9.17) is 11.5 Å². The number of carbonyl (C=O) groups excluding carboxylic acids is 2. The van der Waals surface area contributed by atoms with Gasteiger partial charge in [0, 0.05) is 11.1 Å². The van der Waals surface area contributed by atoms with Crippen LogP contribution < -0.4 is 11.5 Å². The maximum atomic E-state index is 14.4. The summed E-state index contributed by atoms with van der Waals surface area (Å²) >= 11 is 0. The van der Waals surface area contributed by atoms with Crippen molar-refractivity contribution in [1.82, 2.24) is 0 Å². The summed E-state index contributed by atoms with van der Waals surface area (Å²) < 4.78 is 14.4. The Morgan fingerprint density at radius 3 is 1.90 bits per heavy atom. The number of amides is 2. The number of phenols is 1. The Hall–Kier alpha value is -3.67. The fourth-order valence-electron chi connectivity index (χ4n) is 3.54. The first kappa shape index (κ1) is 21.0. The quantitative estimate of drug-likeness (QED) is 0.559. The van der Waals surface area contributed by atoms with Crippen LogP contribution in [0.3, 0.4) is 0 Å². The highest BCUT2D eigenvalue weighted by molar-refractivity contribution is 5.83. The van der Waals surface area contributed by atoms with E-state index in [2.05, 4.69) is 0 Å². The molecule has 0 aliphatic rings. The highest BCUT2D eigenvalue weighted by Gasteiger charge is 2.15. The lowest BCUT2D eigenvalue weighted by atomic mass is 9.93. The highest BCUT2D eigenvalue weighted by Crippen LogP contribution is 2.39. The third-order valence-electron chi connectivity index (χ3n) is 5.03. The number of hydrogen-bond acceptors (Lipinski definition) is 3. The first-order chi connectivity index (χ1) is 14.3. The molecule has 5 nitrogen and oxygen atoms in total. The van der Waals surface area contributed by atoms with Gasteiger partial charge in [0.1, 0.15) is 11.6 Å². The van der Waals surface area contributed by atoms with Crippen molar-refractivity contribution in [2.24, 2.45) is 11.5 Å². The molecule has 6 heteroatoms. The van der Waals surface area contributed by atoms with Crippen LogP contribution in [0.25, 0.3) is 22.3 Å². The van der Waals surface area contributed by atoms with E-state index in [1.807, 2.05) is 25.1 Å². The number of primary amides is 2. The molecule has 30 heavy (non-hydrogen) atoms. The number of phenolic OH excluding ortho intramolecular Hbond substituents is 1. The van der Waals surface area contributed by atoms with E-state index >= 15 is 0 Å². The van der Waals surface area contributed by atoms with Crippen LogP contribution in [0.5, 0.6) is 5.75 Å². The standard InChI is InChI=1S/C24H23FN2O3/c1-2-14-10-16(7-6-15(14)12-22(26)28)19-4-3-5-20(24(19)30)17-8-9-18(13-23(27)29)21(25)11-17/h3-11,30H,2,12-13H2,1H3,(H2,26,28)(H2,27,29). The normalized spacial score (nSPS) is 10.7. The Morgan fingerprint density at radius 2 is 1.37 bits per heavy atom. The third-order valence-corrected chi connectivity index (χ3v) is 5.03. The molecule has 0 bridgehead atoms. The van der Waals surface area contributed by atoms with Gasteiger partial charge in [-0.1, -0.05) is 55.5 Å². The first-order valence-corrected chi connectivity index (χ1v) is 9.59. The number of para-hydroxylation sites is 1. The Labute approximate surface area is 174 Å². The first-order valence-electron chi connectivity index (χ1n) is 9.59. The minimum atomic E-state index is -0.613. The van der Waals surface area contributed by atoms with Crippen LogP contribution in [0.4, 0.5) is 4.39 Å². The molecule has 0 saturated carbocycles. The Bertz CT molecular complexity index is 1130. The van der Waals surface area contributed by atoms with Crippen molar-refractivity contribution >= 4 is 11.8 Å². The summed E-state index contributed by atoms with van der Waals surface area (Å²) in [6, 6.07) is 15.3. The van der Waals surface area contributed by atoms with Crippen molar-refractivity contribution in [2.75, 3.05) is 0 Å². The number of hydrogen-bond donors (Lipinski definition) is 3. The van der Waals surface area contributed by atoms with Crippen molar-refractivity contribution in [3.8, 4) is 28.0 Å². The molecule has 0 saturated heterocycles. The lowest BCUT2D eigenvalue weighted by Gasteiger charge is -2.14. The molecular weight excluding hydrogens is 383 g/mol. The summed E-state index contributed by atoms with van der Waals surface area (Å²) in [5, 5.41) is 10.9. The van der Waals surface area contributed by atoms with Crippen molar-refractivity contribution < 1.29 is 19.1 Å². The molecule has 0 aromatic heterocycles. The zero-order valence-electron chi connectivity index (χ0n) is 16.6. The van der Waals surface area contributed by atoms with Gasteiger partial charge in [0.15, 0.2) is 0 Å². The molecule has 3 aromatic rings. The molecular formula is C24H23FN2O3. The lowest BCUT2D eigenvalue weighted by molar-refractivity contribution is -0.118. The van der Waals surface area contributed by atoms with E-state index in [1.165, 1.54) is 12.1 Å². The second kappa shape index (κ2) is 8.78. The fraction of sp³-hybridized carbons (Fsp3) is 0.167. The average molecular weight is 406 g/mol. The van der Waals surface area contributed by atoms with Gasteiger partial charge in [0.25, 0.3) is 0 Å². The predicted molar refractivity (Wildman–Crippen MR) is 114 cm³/mol. The van der Waals surface area contributed by atoms with E-state index in [9.17, 15) is 19.1 Å². The smallest absolute Gasteiger partial charge is 0.221 e. The Balaban J connectivity index is 2.03. The molecule has 0 spiro atoms. The second-order valence-corrected chi connectivity index (χ2v) is 7.13. The molecule has 0 fully saturated rings. The van der Waals surface area contributed by atoms with E-state index in [0.29, 0.717) is 23.1 Å². The van der Waals surface area contributed by atoms with E-state index in [-0.39, 0.29) is 24.2 Å². The van der Waals surface area contributed by atoms with Crippen LogP contribution in [-0.4, -0.2) is 16.9 Å². The summed E-state index contributed by atoms with van der Waals surface area (Å²) in [7, 11) is 0. The van der Waals surface area contributed by atoms with Gasteiger partial charge >= 0.3 is 0 Å². The maximum Gasteiger partial charge on any atom is 0.221 e. The molecule has 0 radical (unpaired) electrons. The molecule has 5 N–H and O–H groups in total. The van der Waals surface area contributed by atoms with Gasteiger partial charge in [-0.2, -0.15) is 0 Å². The molecule has 3 aromatic carbocycles. The number of halogens is 1. The molecule has 154 valence electrons. The van der Waals surface area contributed by atoms with Crippen molar-refractivity contribution in [1.29, 1.82) is 0 Å². The van der Waals surface area contributed by atoms with Gasteiger partial charge in [-0.05, 0) is 40.3 Å². The number of carbonyl (C=O) groups is 2. The van der Waals surface area contributed by atoms with Gasteiger partial charge in [0.05, 0.1) is 12.8 Å². The summed E-state index contributed by atoms with van der Waals surface area (Å²) in [4.78, 5) is 22.3. The third kappa shape index (κ3) is 4.49. The van der Waals surface area contributed by atoms with Gasteiger partial charge in [0.2, 0.25) is 11.8 Å². The zero-order chi connectivity index (χ0) is 21.8. The summed E-state index contributed by atoms with van der Waals surface area (Å²) in [5.41, 5.74) is 14.8. The van der Waals surface area contributed by atoms with Crippen LogP contribution in [0.2, 0.25) is 0 Å². The van der Waals surface area contributed by atoms with Gasteiger partial charge < -0.3 is 16.6 Å². The van der Waals surface area contributed by atoms with Crippen molar-refractivity contribution in [3.05, 3.63) is 77.1 Å². The molecule has 0 aliphatic carbocycles. The monoisotopic (exact) mass is 406 g/mol. The van der Waals surface area contributed by atoms with Crippen LogP contribution in [0.1, 0.15) is 23.6 Å². The van der Waals surface area contributed by atoms with Crippen LogP contribution in [0, 0.1) is 5.82 Å². The minimum Gasteiger partial charge on any atom is -0.507 e. The second-order valence-electron chi connectivity index (χ2n) is 7.13. The molecule has 3 rings (SSSR count). The Morgan fingerprint density at radius 1 is 0.833 bits per heavy atom. The Kier molecular flexibility index (Phi) is 6.16. The minimum absolute atomic E-state index is 0.0178. The van der Waals surface area contributed by atoms with Crippen LogP contribution in [0.15, 0.2) is 54.6 Å². The van der Waals surface area contributed by atoms with E-state index in [0.717, 1.165) is 16.7 Å². The maximum absolute atomic E-state index is 14.4. The molecule has 2 amide bonds. The number of aryl methyl sites for hydroxylation is 1. The average Bonchev–Trinajstić information content (AvgIpc) is 2.69. The highest BCUT2D eigenvalue weighted by atomic mass is 19.1. The van der Waals surface area contributed by atoms with E-state index in [1.54, 1.807) is 24.3 Å². The van der Waals surface area contributed by atoms with E-state index < -0.39 is 17.6 Å². The summed E-state index contributed by atoms with van der Waals surface area (Å²) in [5.74, 6) is -1.55. The number of benzene rings is 3. The van der Waals surface area contributed by atoms with Gasteiger partial charge in [-0.15, -0.1) is 0 Å². The SMILES string of the molecule is CCc1cc(-c2cccc(-c3ccc(CC(N)=O)c(F)c3)c2O)ccc1CC(N)=O. The van der Waals surface area contributed by atoms with Gasteiger partial charge in [-0.3, -0.25) is 9.59 Å². The largest absolute Gasteiger partial charge is 0.507 e. The predicted octanol–water partition coefficient (Wildman–Crippen LogP) is 3.48. The number of aromatic hydroxyl groups is 1. The van der Waals surface area contributed by atoms with Crippen molar-refractivity contribution in [3.63, 3.8) is 0 Å². The lowest BCUT2D eigenvalue weighted by Crippen LogP contribution is -2.14. The molecule has 0 aliphatic heterocycles.